The summed E-state index contributed by atoms with van der Waals surface area (Å²) in [5.74, 6) is 0. The van der Waals surface area contributed by atoms with Crippen molar-refractivity contribution in [3.05, 3.63) is 0 Å². The van der Waals surface area contributed by atoms with E-state index in [1.165, 1.54) is 25.7 Å². The van der Waals surface area contributed by atoms with Crippen LogP contribution in [0.1, 0.15) is 39.0 Å². The van der Waals surface area contributed by atoms with E-state index in [2.05, 4.69) is 6.92 Å². The minimum absolute atomic E-state index is 0.0319. The van der Waals surface area contributed by atoms with Gasteiger partial charge in [-0.1, -0.05) is 12.8 Å². The van der Waals surface area contributed by atoms with Gasteiger partial charge in [0.15, 0.2) is 6.29 Å². The van der Waals surface area contributed by atoms with Crippen molar-refractivity contribution in [1.29, 1.82) is 0 Å². The molecule has 0 aromatic carbocycles. The maximum Gasteiger partial charge on any atom is 0.160 e. The van der Waals surface area contributed by atoms with Crippen LogP contribution < -0.4 is 0 Å². The van der Waals surface area contributed by atoms with E-state index in [-0.39, 0.29) is 12.4 Å². The van der Waals surface area contributed by atoms with Crippen LogP contribution >= 0.6 is 0 Å². The smallest absolute Gasteiger partial charge is 0.160 e. The first kappa shape index (κ1) is 10.4. The third-order valence-corrected chi connectivity index (χ3v) is 2.96. The van der Waals surface area contributed by atoms with Crippen molar-refractivity contribution in [3.63, 3.8) is 0 Å². The molecule has 82 valence electrons. The molecule has 0 radical (unpaired) electrons. The fourth-order valence-electron chi connectivity index (χ4n) is 2.17. The molecule has 14 heavy (non-hydrogen) atoms. The first-order chi connectivity index (χ1) is 6.84. The zero-order chi connectivity index (χ0) is 9.80. The Bertz CT molecular complexity index is 166. The minimum atomic E-state index is -0.0319. The highest BCUT2D eigenvalue weighted by atomic mass is 16.7. The third-order valence-electron chi connectivity index (χ3n) is 2.96. The van der Waals surface area contributed by atoms with Crippen LogP contribution in [0, 0.1) is 0 Å². The van der Waals surface area contributed by atoms with Crippen molar-refractivity contribution in [2.45, 2.75) is 57.5 Å². The molecular formula is C11H20O3. The standard InChI is InChI=1S/C11H20O3/c1-9-8-11(13-7-6-12-9)14-10-4-2-3-5-10/h9-11H,2-8H2,1H3. The van der Waals surface area contributed by atoms with Crippen LogP contribution in [0.2, 0.25) is 0 Å². The van der Waals surface area contributed by atoms with Crippen molar-refractivity contribution >= 4 is 0 Å². The Labute approximate surface area is 85.7 Å². The molecule has 0 spiro atoms. The molecule has 0 bridgehead atoms. The van der Waals surface area contributed by atoms with Crippen molar-refractivity contribution in [2.75, 3.05) is 13.2 Å². The van der Waals surface area contributed by atoms with E-state index in [9.17, 15) is 0 Å². The summed E-state index contributed by atoms with van der Waals surface area (Å²) in [5, 5.41) is 0. The Morgan fingerprint density at radius 2 is 1.79 bits per heavy atom. The highest BCUT2D eigenvalue weighted by Gasteiger charge is 2.24. The Balaban J connectivity index is 1.77. The van der Waals surface area contributed by atoms with Gasteiger partial charge in [-0.05, 0) is 19.8 Å². The molecule has 1 heterocycles. The van der Waals surface area contributed by atoms with Crippen LogP contribution in [0.3, 0.4) is 0 Å². The molecule has 1 aliphatic heterocycles. The third kappa shape index (κ3) is 2.94. The van der Waals surface area contributed by atoms with Crippen molar-refractivity contribution in [1.82, 2.24) is 0 Å². The molecule has 2 rings (SSSR count). The van der Waals surface area contributed by atoms with E-state index in [4.69, 9.17) is 14.2 Å². The number of rotatable bonds is 2. The fourth-order valence-corrected chi connectivity index (χ4v) is 2.17. The van der Waals surface area contributed by atoms with Crippen LogP contribution in [0.5, 0.6) is 0 Å². The summed E-state index contributed by atoms with van der Waals surface area (Å²) in [4.78, 5) is 0. The van der Waals surface area contributed by atoms with E-state index >= 15 is 0 Å². The SMILES string of the molecule is CC1CC(OC2CCCC2)OCCO1. The number of hydrogen-bond donors (Lipinski definition) is 0. The normalized spacial score (nSPS) is 35.8. The second-order valence-electron chi connectivity index (χ2n) is 4.26. The van der Waals surface area contributed by atoms with Crippen LogP contribution in [-0.4, -0.2) is 31.7 Å². The lowest BCUT2D eigenvalue weighted by Crippen LogP contribution is -2.25. The first-order valence-corrected chi connectivity index (χ1v) is 5.73. The lowest BCUT2D eigenvalue weighted by Gasteiger charge is -2.21. The second-order valence-corrected chi connectivity index (χ2v) is 4.26. The summed E-state index contributed by atoms with van der Waals surface area (Å²) >= 11 is 0. The Morgan fingerprint density at radius 1 is 1.07 bits per heavy atom. The number of hydrogen-bond acceptors (Lipinski definition) is 3. The molecule has 0 N–H and O–H groups in total. The molecule has 2 unspecified atom stereocenters. The maximum absolute atomic E-state index is 5.90. The van der Waals surface area contributed by atoms with E-state index < -0.39 is 0 Å². The molecule has 3 nitrogen and oxygen atoms in total. The van der Waals surface area contributed by atoms with Gasteiger partial charge in [-0.3, -0.25) is 0 Å². The average Bonchev–Trinajstić information content (AvgIpc) is 2.56. The molecule has 1 saturated heterocycles. The van der Waals surface area contributed by atoms with Gasteiger partial charge in [0.05, 0.1) is 25.4 Å². The van der Waals surface area contributed by atoms with Crippen LogP contribution in [-0.2, 0) is 14.2 Å². The summed E-state index contributed by atoms with van der Waals surface area (Å²) in [6, 6.07) is 0. The Kier molecular flexibility index (Phi) is 3.79. The second kappa shape index (κ2) is 5.10. The van der Waals surface area contributed by atoms with Crippen molar-refractivity contribution in [3.8, 4) is 0 Å². The highest BCUT2D eigenvalue weighted by Crippen LogP contribution is 2.24. The van der Waals surface area contributed by atoms with E-state index in [0.29, 0.717) is 19.3 Å². The highest BCUT2D eigenvalue weighted by molar-refractivity contribution is 4.69. The van der Waals surface area contributed by atoms with Gasteiger partial charge >= 0.3 is 0 Å². The molecule has 0 aromatic heterocycles. The molecule has 1 saturated carbocycles. The van der Waals surface area contributed by atoms with Gasteiger partial charge < -0.3 is 14.2 Å². The Hall–Kier alpha value is -0.120. The Morgan fingerprint density at radius 3 is 2.57 bits per heavy atom. The van der Waals surface area contributed by atoms with Crippen LogP contribution in [0.4, 0.5) is 0 Å². The first-order valence-electron chi connectivity index (χ1n) is 5.73. The summed E-state index contributed by atoms with van der Waals surface area (Å²) in [5.41, 5.74) is 0. The monoisotopic (exact) mass is 200 g/mol. The van der Waals surface area contributed by atoms with Crippen molar-refractivity contribution < 1.29 is 14.2 Å². The molecule has 0 aromatic rings. The van der Waals surface area contributed by atoms with Gasteiger partial charge in [-0.2, -0.15) is 0 Å². The molecule has 2 atom stereocenters. The summed E-state index contributed by atoms with van der Waals surface area (Å²) in [6.07, 6.45) is 6.57. The largest absolute Gasteiger partial charge is 0.376 e. The lowest BCUT2D eigenvalue weighted by atomic mass is 10.2. The average molecular weight is 200 g/mol. The van der Waals surface area contributed by atoms with Gasteiger partial charge in [0.1, 0.15) is 0 Å². The van der Waals surface area contributed by atoms with Gasteiger partial charge in [-0.15, -0.1) is 0 Å². The molecular weight excluding hydrogens is 180 g/mol. The maximum atomic E-state index is 5.90. The molecule has 2 fully saturated rings. The van der Waals surface area contributed by atoms with Gasteiger partial charge in [0, 0.05) is 6.42 Å². The molecule has 2 aliphatic rings. The predicted octanol–water partition coefficient (Wildman–Crippen LogP) is 2.10. The number of ether oxygens (including phenoxy) is 3. The molecule has 3 heteroatoms. The van der Waals surface area contributed by atoms with Crippen LogP contribution in [0.15, 0.2) is 0 Å². The minimum Gasteiger partial charge on any atom is -0.376 e. The lowest BCUT2D eigenvalue weighted by molar-refractivity contribution is -0.166. The fraction of sp³-hybridized carbons (Fsp3) is 1.00. The molecule has 0 amide bonds. The zero-order valence-electron chi connectivity index (χ0n) is 8.91. The summed E-state index contributed by atoms with van der Waals surface area (Å²) in [6.45, 7) is 3.45. The topological polar surface area (TPSA) is 27.7 Å². The summed E-state index contributed by atoms with van der Waals surface area (Å²) in [7, 11) is 0. The van der Waals surface area contributed by atoms with E-state index in [1.54, 1.807) is 0 Å². The van der Waals surface area contributed by atoms with Crippen LogP contribution in [0.25, 0.3) is 0 Å². The van der Waals surface area contributed by atoms with E-state index in [1.807, 2.05) is 0 Å². The van der Waals surface area contributed by atoms with Gasteiger partial charge in [0.25, 0.3) is 0 Å². The van der Waals surface area contributed by atoms with E-state index in [0.717, 1.165) is 6.42 Å². The van der Waals surface area contributed by atoms with Gasteiger partial charge in [-0.25, -0.2) is 0 Å². The van der Waals surface area contributed by atoms with Crippen molar-refractivity contribution in [2.24, 2.45) is 0 Å². The predicted molar refractivity (Wildman–Crippen MR) is 53.1 cm³/mol. The quantitative estimate of drug-likeness (QED) is 0.683. The zero-order valence-corrected chi connectivity index (χ0v) is 8.91. The summed E-state index contributed by atoms with van der Waals surface area (Å²) < 4.78 is 17.0. The molecule has 1 aliphatic carbocycles. The van der Waals surface area contributed by atoms with Gasteiger partial charge in [0.2, 0.25) is 0 Å².